The molecule has 24 heavy (non-hydrogen) atoms. The van der Waals surface area contributed by atoms with Gasteiger partial charge in [-0.15, -0.1) is 23.1 Å². The SMILES string of the molecule is N#CC1=C(SCc2ccc(Cl)cc2Cl)NC(=O)C[C@H]1c1cccs1. The lowest BCUT2D eigenvalue weighted by Crippen LogP contribution is -2.30. The van der Waals surface area contributed by atoms with Gasteiger partial charge in [-0.3, -0.25) is 4.79 Å². The van der Waals surface area contributed by atoms with Crippen molar-refractivity contribution >= 4 is 52.2 Å². The Kier molecular flexibility index (Phi) is 5.52. The Morgan fingerprint density at radius 3 is 2.88 bits per heavy atom. The van der Waals surface area contributed by atoms with E-state index in [2.05, 4.69) is 11.4 Å². The number of thioether (sulfide) groups is 1. The van der Waals surface area contributed by atoms with Crippen molar-refractivity contribution in [2.24, 2.45) is 0 Å². The van der Waals surface area contributed by atoms with Crippen LogP contribution in [0.3, 0.4) is 0 Å². The van der Waals surface area contributed by atoms with E-state index in [0.29, 0.717) is 32.8 Å². The van der Waals surface area contributed by atoms with E-state index in [1.165, 1.54) is 11.8 Å². The topological polar surface area (TPSA) is 52.9 Å². The molecule has 0 saturated heterocycles. The summed E-state index contributed by atoms with van der Waals surface area (Å²) in [4.78, 5) is 13.1. The van der Waals surface area contributed by atoms with E-state index in [9.17, 15) is 10.1 Å². The second-order valence-corrected chi connectivity index (χ2v) is 8.01. The number of carbonyl (C=O) groups is 1. The van der Waals surface area contributed by atoms with Crippen LogP contribution in [0.5, 0.6) is 0 Å². The monoisotopic (exact) mass is 394 g/mol. The Bertz CT molecular complexity index is 841. The van der Waals surface area contributed by atoms with Crippen LogP contribution in [0.2, 0.25) is 10.0 Å². The molecule has 1 amide bonds. The van der Waals surface area contributed by atoms with Crippen LogP contribution in [0.1, 0.15) is 22.8 Å². The van der Waals surface area contributed by atoms with Crippen LogP contribution >= 0.6 is 46.3 Å². The van der Waals surface area contributed by atoms with E-state index in [4.69, 9.17) is 23.2 Å². The van der Waals surface area contributed by atoms with Gasteiger partial charge in [0.05, 0.1) is 16.7 Å². The Hall–Kier alpha value is -1.45. The average Bonchev–Trinajstić information content (AvgIpc) is 3.07. The molecule has 3 rings (SSSR count). The molecule has 0 saturated carbocycles. The molecule has 1 aromatic carbocycles. The summed E-state index contributed by atoms with van der Waals surface area (Å²) in [6.45, 7) is 0. The number of nitrogens with one attached hydrogen (secondary N) is 1. The number of nitriles is 1. The standard InChI is InChI=1S/C17H12Cl2N2OS2/c18-11-4-3-10(14(19)6-11)9-24-17-13(8-20)12(7-16(22)21-17)15-2-1-5-23-15/h1-6,12H,7,9H2,(H,21,22)/t12-/m1/s1. The van der Waals surface area contributed by atoms with Crippen LogP contribution in [0.25, 0.3) is 0 Å². The van der Waals surface area contributed by atoms with Crippen molar-refractivity contribution in [3.05, 3.63) is 66.8 Å². The highest BCUT2D eigenvalue weighted by molar-refractivity contribution is 8.02. The fourth-order valence-corrected chi connectivity index (χ4v) is 4.93. The van der Waals surface area contributed by atoms with E-state index in [0.717, 1.165) is 10.4 Å². The lowest BCUT2D eigenvalue weighted by Gasteiger charge is -2.24. The first-order chi connectivity index (χ1) is 11.6. The zero-order valence-electron chi connectivity index (χ0n) is 12.4. The fourth-order valence-electron chi connectivity index (χ4n) is 2.45. The van der Waals surface area contributed by atoms with Gasteiger partial charge in [0.1, 0.15) is 0 Å². The number of thiophene rings is 1. The minimum atomic E-state index is -0.174. The molecule has 0 unspecified atom stereocenters. The predicted octanol–water partition coefficient (Wildman–Crippen LogP) is 5.33. The van der Waals surface area contributed by atoms with E-state index in [-0.39, 0.29) is 11.8 Å². The van der Waals surface area contributed by atoms with E-state index in [1.807, 2.05) is 23.6 Å². The summed E-state index contributed by atoms with van der Waals surface area (Å²) in [5.74, 6) is 0.303. The Morgan fingerprint density at radius 2 is 2.21 bits per heavy atom. The highest BCUT2D eigenvalue weighted by Gasteiger charge is 2.30. The molecular formula is C17H12Cl2N2OS2. The molecule has 0 spiro atoms. The number of nitrogens with zero attached hydrogens (tertiary/aromatic N) is 1. The van der Waals surface area contributed by atoms with Crippen LogP contribution in [0, 0.1) is 11.3 Å². The van der Waals surface area contributed by atoms with E-state index < -0.39 is 0 Å². The normalized spacial score (nSPS) is 17.5. The zero-order chi connectivity index (χ0) is 17.1. The molecule has 1 aromatic heterocycles. The first kappa shape index (κ1) is 17.4. The molecule has 1 atom stereocenters. The zero-order valence-corrected chi connectivity index (χ0v) is 15.5. The van der Waals surface area contributed by atoms with E-state index in [1.54, 1.807) is 23.5 Å². The molecule has 0 radical (unpaired) electrons. The summed E-state index contributed by atoms with van der Waals surface area (Å²) in [7, 11) is 0. The average molecular weight is 395 g/mol. The van der Waals surface area contributed by atoms with Gasteiger partial charge in [0.15, 0.2) is 0 Å². The summed E-state index contributed by atoms with van der Waals surface area (Å²) in [6, 6.07) is 11.5. The van der Waals surface area contributed by atoms with Gasteiger partial charge >= 0.3 is 0 Å². The molecule has 0 fully saturated rings. The summed E-state index contributed by atoms with van der Waals surface area (Å²) in [6.07, 6.45) is 0.301. The second-order valence-electron chi connectivity index (χ2n) is 5.20. The van der Waals surface area contributed by atoms with Crippen molar-refractivity contribution in [3.63, 3.8) is 0 Å². The van der Waals surface area contributed by atoms with Crippen LogP contribution in [-0.2, 0) is 10.5 Å². The van der Waals surface area contributed by atoms with Crippen LogP contribution < -0.4 is 5.32 Å². The van der Waals surface area contributed by atoms with Gasteiger partial charge in [-0.05, 0) is 29.1 Å². The Balaban J connectivity index is 1.86. The Morgan fingerprint density at radius 1 is 1.38 bits per heavy atom. The van der Waals surface area contributed by atoms with Gasteiger partial charge in [0.2, 0.25) is 5.91 Å². The number of carbonyl (C=O) groups excluding carboxylic acids is 1. The summed E-state index contributed by atoms with van der Waals surface area (Å²) >= 11 is 15.1. The molecule has 122 valence electrons. The number of rotatable bonds is 4. The van der Waals surface area contributed by atoms with Crippen molar-refractivity contribution in [3.8, 4) is 6.07 Å². The number of halogens is 2. The number of hydrogen-bond acceptors (Lipinski definition) is 4. The van der Waals surface area contributed by atoms with Gasteiger partial charge in [-0.1, -0.05) is 35.3 Å². The van der Waals surface area contributed by atoms with Gasteiger partial charge in [0.25, 0.3) is 0 Å². The third-order valence-corrected chi connectivity index (χ3v) is 6.27. The maximum atomic E-state index is 12.1. The predicted molar refractivity (Wildman–Crippen MR) is 100 cm³/mol. The van der Waals surface area contributed by atoms with Crippen molar-refractivity contribution < 1.29 is 4.79 Å². The van der Waals surface area contributed by atoms with Crippen LogP contribution in [0.4, 0.5) is 0 Å². The lowest BCUT2D eigenvalue weighted by atomic mass is 9.93. The largest absolute Gasteiger partial charge is 0.320 e. The molecule has 0 bridgehead atoms. The van der Waals surface area contributed by atoms with Crippen molar-refractivity contribution in [1.82, 2.24) is 5.32 Å². The van der Waals surface area contributed by atoms with Gasteiger partial charge in [-0.2, -0.15) is 5.26 Å². The lowest BCUT2D eigenvalue weighted by molar-refractivity contribution is -0.120. The number of benzene rings is 1. The molecular weight excluding hydrogens is 383 g/mol. The summed E-state index contributed by atoms with van der Waals surface area (Å²) in [5.41, 5.74) is 1.51. The van der Waals surface area contributed by atoms with E-state index >= 15 is 0 Å². The van der Waals surface area contributed by atoms with Crippen molar-refractivity contribution in [2.45, 2.75) is 18.1 Å². The van der Waals surface area contributed by atoms with Gasteiger partial charge in [0, 0.05) is 33.0 Å². The van der Waals surface area contributed by atoms with Crippen molar-refractivity contribution in [2.75, 3.05) is 0 Å². The van der Waals surface area contributed by atoms with Crippen molar-refractivity contribution in [1.29, 1.82) is 5.26 Å². The molecule has 1 aliphatic rings. The quantitative estimate of drug-likeness (QED) is 0.762. The minimum Gasteiger partial charge on any atom is -0.320 e. The number of hydrogen-bond donors (Lipinski definition) is 1. The van der Waals surface area contributed by atoms with Crippen LogP contribution in [0.15, 0.2) is 46.3 Å². The number of amides is 1. The molecule has 3 nitrogen and oxygen atoms in total. The highest BCUT2D eigenvalue weighted by atomic mass is 35.5. The van der Waals surface area contributed by atoms with Gasteiger partial charge in [-0.25, -0.2) is 0 Å². The molecule has 2 heterocycles. The highest BCUT2D eigenvalue weighted by Crippen LogP contribution is 2.39. The maximum absolute atomic E-state index is 12.1. The smallest absolute Gasteiger partial charge is 0.225 e. The summed E-state index contributed by atoms with van der Waals surface area (Å²) < 4.78 is 0. The Labute approximate surface area is 158 Å². The third kappa shape index (κ3) is 3.79. The molecule has 0 aliphatic carbocycles. The maximum Gasteiger partial charge on any atom is 0.225 e. The third-order valence-electron chi connectivity index (χ3n) is 3.63. The molecule has 2 aromatic rings. The molecule has 1 aliphatic heterocycles. The van der Waals surface area contributed by atoms with Crippen LogP contribution in [-0.4, -0.2) is 5.91 Å². The van der Waals surface area contributed by atoms with Gasteiger partial charge < -0.3 is 5.32 Å². The first-order valence-corrected chi connectivity index (χ1v) is 9.75. The number of allylic oxidation sites excluding steroid dienone is 1. The first-order valence-electron chi connectivity index (χ1n) is 7.12. The fraction of sp³-hybridized carbons (Fsp3) is 0.176. The molecule has 7 heteroatoms. The minimum absolute atomic E-state index is 0.0721. The second kappa shape index (κ2) is 7.62. The summed E-state index contributed by atoms with van der Waals surface area (Å²) in [5, 5.41) is 16.1. The molecule has 1 N–H and O–H groups in total.